The van der Waals surface area contributed by atoms with Crippen LogP contribution in [0.4, 0.5) is 5.69 Å². The van der Waals surface area contributed by atoms with Gasteiger partial charge >= 0.3 is 0 Å². The lowest BCUT2D eigenvalue weighted by molar-refractivity contribution is 1.21. The molecule has 0 heterocycles. The van der Waals surface area contributed by atoms with Crippen LogP contribution in [0.1, 0.15) is 12.5 Å². The summed E-state index contributed by atoms with van der Waals surface area (Å²) in [6.45, 7) is 5.21. The largest absolute Gasteiger partial charge is 0.384 e. The second-order valence-corrected chi connectivity index (χ2v) is 4.84. The molecule has 0 radical (unpaired) electrons. The molecule has 1 aromatic rings. The van der Waals surface area contributed by atoms with E-state index in [1.165, 1.54) is 5.75 Å². The SMILES string of the molecule is CCSCCNc1cccc(Cl)c1C. The van der Waals surface area contributed by atoms with Gasteiger partial charge in [-0.2, -0.15) is 11.8 Å². The molecule has 0 fully saturated rings. The van der Waals surface area contributed by atoms with E-state index in [9.17, 15) is 0 Å². The highest BCUT2D eigenvalue weighted by atomic mass is 35.5. The first-order valence-electron chi connectivity index (χ1n) is 4.82. The summed E-state index contributed by atoms with van der Waals surface area (Å²) in [5.74, 6) is 2.32. The molecule has 0 spiro atoms. The lowest BCUT2D eigenvalue weighted by Gasteiger charge is -2.09. The second kappa shape index (κ2) is 6.20. The van der Waals surface area contributed by atoms with Crippen LogP contribution in [0.15, 0.2) is 18.2 Å². The Morgan fingerprint density at radius 1 is 1.43 bits per heavy atom. The number of benzene rings is 1. The molecule has 0 saturated heterocycles. The Bertz CT molecular complexity index is 289. The molecule has 3 heteroatoms. The van der Waals surface area contributed by atoms with Crippen LogP contribution in [0.5, 0.6) is 0 Å². The average molecular weight is 230 g/mol. The Kier molecular flexibility index (Phi) is 5.20. The van der Waals surface area contributed by atoms with E-state index < -0.39 is 0 Å². The molecule has 1 N–H and O–H groups in total. The van der Waals surface area contributed by atoms with E-state index in [1.807, 2.05) is 30.8 Å². The fourth-order valence-electron chi connectivity index (χ4n) is 1.20. The normalized spacial score (nSPS) is 10.2. The third-order valence-electron chi connectivity index (χ3n) is 2.03. The molecule has 78 valence electrons. The van der Waals surface area contributed by atoms with Crippen LogP contribution in [0.25, 0.3) is 0 Å². The van der Waals surface area contributed by atoms with Crippen molar-refractivity contribution in [1.29, 1.82) is 0 Å². The van der Waals surface area contributed by atoms with Gasteiger partial charge in [0.25, 0.3) is 0 Å². The van der Waals surface area contributed by atoms with Gasteiger partial charge in [-0.3, -0.25) is 0 Å². The van der Waals surface area contributed by atoms with Gasteiger partial charge in [0.05, 0.1) is 0 Å². The van der Waals surface area contributed by atoms with Crippen LogP contribution >= 0.6 is 23.4 Å². The third kappa shape index (κ3) is 3.43. The van der Waals surface area contributed by atoms with Crippen LogP contribution in [0, 0.1) is 6.92 Å². The molecule has 0 unspecified atom stereocenters. The fourth-order valence-corrected chi connectivity index (χ4v) is 1.91. The van der Waals surface area contributed by atoms with Gasteiger partial charge in [-0.05, 0) is 30.4 Å². The van der Waals surface area contributed by atoms with E-state index in [1.54, 1.807) is 0 Å². The van der Waals surface area contributed by atoms with Crippen molar-refractivity contribution < 1.29 is 0 Å². The van der Waals surface area contributed by atoms with Gasteiger partial charge in [0, 0.05) is 23.0 Å². The van der Waals surface area contributed by atoms with E-state index in [4.69, 9.17) is 11.6 Å². The van der Waals surface area contributed by atoms with Gasteiger partial charge in [0.1, 0.15) is 0 Å². The van der Waals surface area contributed by atoms with Crippen molar-refractivity contribution in [2.45, 2.75) is 13.8 Å². The zero-order chi connectivity index (χ0) is 10.4. The summed E-state index contributed by atoms with van der Waals surface area (Å²) in [5.41, 5.74) is 2.28. The monoisotopic (exact) mass is 229 g/mol. The Morgan fingerprint density at radius 2 is 2.21 bits per heavy atom. The number of halogens is 1. The molecule has 0 aliphatic rings. The molecular weight excluding hydrogens is 214 g/mol. The topological polar surface area (TPSA) is 12.0 Å². The second-order valence-electron chi connectivity index (χ2n) is 3.04. The molecule has 1 nitrogen and oxygen atoms in total. The van der Waals surface area contributed by atoms with Crippen LogP contribution in [0.2, 0.25) is 5.02 Å². The highest BCUT2D eigenvalue weighted by Gasteiger charge is 2.00. The molecule has 1 rings (SSSR count). The van der Waals surface area contributed by atoms with Gasteiger partial charge < -0.3 is 5.32 Å². The Labute approximate surface area is 95.2 Å². The van der Waals surface area contributed by atoms with Gasteiger partial charge in [-0.25, -0.2) is 0 Å². The minimum Gasteiger partial charge on any atom is -0.384 e. The maximum Gasteiger partial charge on any atom is 0.0455 e. The number of anilines is 1. The lowest BCUT2D eigenvalue weighted by Crippen LogP contribution is -2.05. The molecule has 1 aromatic carbocycles. The van der Waals surface area contributed by atoms with E-state index >= 15 is 0 Å². The minimum atomic E-state index is 0.832. The van der Waals surface area contributed by atoms with Crippen molar-refractivity contribution in [3.05, 3.63) is 28.8 Å². The summed E-state index contributed by atoms with van der Waals surface area (Å²) < 4.78 is 0. The first kappa shape index (κ1) is 11.7. The summed E-state index contributed by atoms with van der Waals surface area (Å²) in [6, 6.07) is 5.96. The zero-order valence-electron chi connectivity index (χ0n) is 8.64. The van der Waals surface area contributed by atoms with Crippen LogP contribution in [0.3, 0.4) is 0 Å². The van der Waals surface area contributed by atoms with Gasteiger partial charge in [-0.1, -0.05) is 24.6 Å². The van der Waals surface area contributed by atoms with Crippen LogP contribution < -0.4 is 5.32 Å². The summed E-state index contributed by atoms with van der Waals surface area (Å²) >= 11 is 7.95. The lowest BCUT2D eigenvalue weighted by atomic mass is 10.2. The molecule has 0 amide bonds. The Hall–Kier alpha value is -0.340. The first-order valence-corrected chi connectivity index (χ1v) is 6.35. The average Bonchev–Trinajstić information content (AvgIpc) is 2.19. The maximum absolute atomic E-state index is 6.01. The summed E-state index contributed by atoms with van der Waals surface area (Å²) in [6.07, 6.45) is 0. The summed E-state index contributed by atoms with van der Waals surface area (Å²) in [7, 11) is 0. The number of hydrogen-bond acceptors (Lipinski definition) is 2. The smallest absolute Gasteiger partial charge is 0.0455 e. The Morgan fingerprint density at radius 3 is 2.93 bits per heavy atom. The molecular formula is C11H16ClNS. The van der Waals surface area contributed by atoms with Crippen molar-refractivity contribution in [3.8, 4) is 0 Å². The predicted molar refractivity (Wildman–Crippen MR) is 67.7 cm³/mol. The maximum atomic E-state index is 6.01. The first-order chi connectivity index (χ1) is 6.75. The number of thioether (sulfide) groups is 1. The number of hydrogen-bond donors (Lipinski definition) is 1. The molecule has 14 heavy (non-hydrogen) atoms. The molecule has 0 aliphatic carbocycles. The number of nitrogens with one attached hydrogen (secondary N) is 1. The van der Waals surface area contributed by atoms with Gasteiger partial charge in [0.15, 0.2) is 0 Å². The molecule has 0 bridgehead atoms. The van der Waals surface area contributed by atoms with E-state index in [0.717, 1.165) is 28.6 Å². The quantitative estimate of drug-likeness (QED) is 0.771. The predicted octanol–water partition coefficient (Wildman–Crippen LogP) is 3.81. The van der Waals surface area contributed by atoms with Crippen molar-refractivity contribution in [3.63, 3.8) is 0 Å². The zero-order valence-corrected chi connectivity index (χ0v) is 10.2. The van der Waals surface area contributed by atoms with Crippen molar-refractivity contribution in [1.82, 2.24) is 0 Å². The van der Waals surface area contributed by atoms with E-state index in [0.29, 0.717) is 0 Å². The van der Waals surface area contributed by atoms with E-state index in [-0.39, 0.29) is 0 Å². The van der Waals surface area contributed by atoms with E-state index in [2.05, 4.69) is 18.3 Å². The fraction of sp³-hybridized carbons (Fsp3) is 0.455. The summed E-state index contributed by atoms with van der Waals surface area (Å²) in [5, 5.41) is 4.21. The number of rotatable bonds is 5. The Balaban J connectivity index is 2.46. The standard InChI is InChI=1S/C11H16ClNS/c1-3-14-8-7-13-11-6-4-5-10(12)9(11)2/h4-6,13H,3,7-8H2,1-2H3. The van der Waals surface area contributed by atoms with Gasteiger partial charge in [-0.15, -0.1) is 0 Å². The minimum absolute atomic E-state index is 0.832. The summed E-state index contributed by atoms with van der Waals surface area (Å²) in [4.78, 5) is 0. The molecule has 0 aliphatic heterocycles. The van der Waals surface area contributed by atoms with Crippen molar-refractivity contribution >= 4 is 29.1 Å². The molecule has 0 aromatic heterocycles. The molecule has 0 atom stereocenters. The molecule has 0 saturated carbocycles. The van der Waals surface area contributed by atoms with Crippen molar-refractivity contribution in [2.75, 3.05) is 23.4 Å². The van der Waals surface area contributed by atoms with Crippen molar-refractivity contribution in [2.24, 2.45) is 0 Å². The highest BCUT2D eigenvalue weighted by molar-refractivity contribution is 7.99. The third-order valence-corrected chi connectivity index (χ3v) is 3.34. The van der Waals surface area contributed by atoms with Crippen LogP contribution in [-0.2, 0) is 0 Å². The van der Waals surface area contributed by atoms with Gasteiger partial charge in [0.2, 0.25) is 0 Å². The highest BCUT2D eigenvalue weighted by Crippen LogP contribution is 2.22. The van der Waals surface area contributed by atoms with Crippen LogP contribution in [-0.4, -0.2) is 18.1 Å².